The van der Waals surface area contributed by atoms with Crippen molar-refractivity contribution in [3.63, 3.8) is 0 Å². The first-order valence-electron chi connectivity index (χ1n) is 5.81. The first-order chi connectivity index (χ1) is 9.81. The summed E-state index contributed by atoms with van der Waals surface area (Å²) in [6.07, 6.45) is 0. The van der Waals surface area contributed by atoms with E-state index in [0.717, 1.165) is 5.56 Å². The predicted octanol–water partition coefficient (Wildman–Crippen LogP) is 5.44. The molecule has 0 heterocycles. The highest BCUT2D eigenvalue weighted by Crippen LogP contribution is 2.34. The zero-order chi connectivity index (χ0) is 15.7. The molecule has 3 nitrogen and oxygen atoms in total. The molecule has 0 aliphatic carbocycles. The fourth-order valence-electron chi connectivity index (χ4n) is 1.73. The molecule has 0 aromatic heterocycles. The number of carbonyl (C=O) groups excluding carboxylic acids is 1. The number of anilines is 2. The van der Waals surface area contributed by atoms with Gasteiger partial charge in [0.2, 0.25) is 0 Å². The van der Waals surface area contributed by atoms with Gasteiger partial charge in [0.15, 0.2) is 0 Å². The molecule has 0 saturated carbocycles. The van der Waals surface area contributed by atoms with Crippen LogP contribution in [-0.4, -0.2) is 5.91 Å². The number of carbonyl (C=O) groups is 1. The number of hydrogen-bond donors (Lipinski definition) is 2. The molecule has 0 radical (unpaired) electrons. The number of halogens is 4. The first kappa shape index (κ1) is 16.2. The van der Waals surface area contributed by atoms with Crippen molar-refractivity contribution >= 4 is 63.7 Å². The van der Waals surface area contributed by atoms with E-state index in [1.165, 1.54) is 12.1 Å². The van der Waals surface area contributed by atoms with Crippen molar-refractivity contribution in [2.24, 2.45) is 0 Å². The molecular formula is C14H10Cl4N2O. The number of rotatable bonds is 2. The van der Waals surface area contributed by atoms with E-state index < -0.39 is 5.91 Å². The molecule has 0 atom stereocenters. The van der Waals surface area contributed by atoms with E-state index in [9.17, 15) is 4.79 Å². The number of nitrogen functional groups attached to an aromatic ring is 1. The first-order valence-corrected chi connectivity index (χ1v) is 7.33. The van der Waals surface area contributed by atoms with Crippen molar-refractivity contribution in [2.75, 3.05) is 11.1 Å². The average molecular weight is 364 g/mol. The second-order valence-electron chi connectivity index (χ2n) is 4.37. The van der Waals surface area contributed by atoms with Crippen molar-refractivity contribution in [1.82, 2.24) is 0 Å². The zero-order valence-electron chi connectivity index (χ0n) is 10.8. The highest BCUT2D eigenvalue weighted by molar-refractivity contribution is 6.45. The van der Waals surface area contributed by atoms with Crippen LogP contribution >= 0.6 is 46.4 Å². The molecule has 0 fully saturated rings. The van der Waals surface area contributed by atoms with E-state index in [2.05, 4.69) is 5.32 Å². The molecule has 21 heavy (non-hydrogen) atoms. The highest BCUT2D eigenvalue weighted by Gasteiger charge is 2.17. The van der Waals surface area contributed by atoms with Gasteiger partial charge in [0, 0.05) is 5.69 Å². The molecule has 7 heteroatoms. The Kier molecular flexibility index (Phi) is 4.89. The molecule has 0 bridgehead atoms. The Balaban J connectivity index is 2.42. The fraction of sp³-hybridized carbons (Fsp3) is 0.0714. The molecule has 2 rings (SSSR count). The molecule has 0 unspecified atom stereocenters. The van der Waals surface area contributed by atoms with Crippen LogP contribution in [-0.2, 0) is 0 Å². The summed E-state index contributed by atoms with van der Waals surface area (Å²) in [5.74, 6) is -0.497. The van der Waals surface area contributed by atoms with Crippen LogP contribution in [0, 0.1) is 6.92 Å². The Morgan fingerprint density at radius 1 is 1.05 bits per heavy atom. The lowest BCUT2D eigenvalue weighted by molar-refractivity contribution is 0.102. The summed E-state index contributed by atoms with van der Waals surface area (Å²) in [5, 5.41) is 3.63. The van der Waals surface area contributed by atoms with Gasteiger partial charge in [-0.1, -0.05) is 52.5 Å². The minimum absolute atomic E-state index is 0.114. The third kappa shape index (κ3) is 3.38. The van der Waals surface area contributed by atoms with E-state index in [4.69, 9.17) is 52.1 Å². The Morgan fingerprint density at radius 3 is 2.38 bits per heavy atom. The third-order valence-electron chi connectivity index (χ3n) is 2.82. The Bertz CT molecular complexity index is 731. The SMILES string of the molecule is Cc1ccc(Cl)c(NC(=O)c2cc(N)cc(Cl)c2Cl)c1Cl. The van der Waals surface area contributed by atoms with Crippen LogP contribution in [0.1, 0.15) is 15.9 Å². The van der Waals surface area contributed by atoms with Crippen LogP contribution in [0.15, 0.2) is 24.3 Å². The quantitative estimate of drug-likeness (QED) is 0.697. The standard InChI is InChI=1S/C14H10Cl4N2O/c1-6-2-3-9(15)13(11(6)17)20-14(21)8-4-7(19)5-10(16)12(8)18/h2-5H,19H2,1H3,(H,20,21). The topological polar surface area (TPSA) is 55.1 Å². The minimum Gasteiger partial charge on any atom is -0.399 e. The van der Waals surface area contributed by atoms with Crippen LogP contribution in [0.25, 0.3) is 0 Å². The Labute approximate surface area is 141 Å². The summed E-state index contributed by atoms with van der Waals surface area (Å²) in [6, 6.07) is 6.30. The van der Waals surface area contributed by atoms with Gasteiger partial charge in [-0.15, -0.1) is 0 Å². The number of hydrogen-bond acceptors (Lipinski definition) is 2. The van der Waals surface area contributed by atoms with Crippen molar-refractivity contribution in [1.29, 1.82) is 0 Å². The lowest BCUT2D eigenvalue weighted by Crippen LogP contribution is -2.14. The molecular weight excluding hydrogens is 354 g/mol. The lowest BCUT2D eigenvalue weighted by atomic mass is 10.1. The maximum Gasteiger partial charge on any atom is 0.257 e. The monoisotopic (exact) mass is 362 g/mol. The number of aryl methyl sites for hydroxylation is 1. The second kappa shape index (κ2) is 6.32. The van der Waals surface area contributed by atoms with E-state index >= 15 is 0 Å². The number of benzene rings is 2. The molecule has 1 amide bonds. The van der Waals surface area contributed by atoms with Crippen molar-refractivity contribution in [2.45, 2.75) is 6.92 Å². The smallest absolute Gasteiger partial charge is 0.257 e. The Hall–Kier alpha value is -1.13. The van der Waals surface area contributed by atoms with Crippen LogP contribution in [0.5, 0.6) is 0 Å². The van der Waals surface area contributed by atoms with Gasteiger partial charge in [0.25, 0.3) is 5.91 Å². The van der Waals surface area contributed by atoms with Crippen LogP contribution < -0.4 is 11.1 Å². The van der Waals surface area contributed by atoms with Gasteiger partial charge in [0.1, 0.15) is 0 Å². The molecule has 0 aliphatic rings. The number of nitrogens with one attached hydrogen (secondary N) is 1. The predicted molar refractivity (Wildman–Crippen MR) is 90.0 cm³/mol. The third-order valence-corrected chi connectivity index (χ3v) is 4.42. The van der Waals surface area contributed by atoms with Gasteiger partial charge in [0.05, 0.1) is 31.3 Å². The summed E-state index contributed by atoms with van der Waals surface area (Å²) in [5.41, 5.74) is 7.25. The summed E-state index contributed by atoms with van der Waals surface area (Å²) < 4.78 is 0. The van der Waals surface area contributed by atoms with E-state index in [1.54, 1.807) is 19.1 Å². The van der Waals surface area contributed by atoms with Crippen LogP contribution in [0.4, 0.5) is 11.4 Å². The maximum atomic E-state index is 12.3. The second-order valence-corrected chi connectivity index (χ2v) is 5.94. The van der Waals surface area contributed by atoms with E-state index in [1.807, 2.05) is 0 Å². The molecule has 0 aliphatic heterocycles. The normalized spacial score (nSPS) is 10.5. The summed E-state index contributed by atoms with van der Waals surface area (Å²) >= 11 is 24.1. The Morgan fingerprint density at radius 2 is 1.71 bits per heavy atom. The molecule has 3 N–H and O–H groups in total. The average Bonchev–Trinajstić information content (AvgIpc) is 2.43. The van der Waals surface area contributed by atoms with Gasteiger partial charge in [-0.2, -0.15) is 0 Å². The number of nitrogens with two attached hydrogens (primary N) is 1. The van der Waals surface area contributed by atoms with Crippen molar-refractivity contribution < 1.29 is 4.79 Å². The highest BCUT2D eigenvalue weighted by atomic mass is 35.5. The minimum atomic E-state index is -0.497. The lowest BCUT2D eigenvalue weighted by Gasteiger charge is -2.12. The summed E-state index contributed by atoms with van der Waals surface area (Å²) in [7, 11) is 0. The molecule has 0 saturated heterocycles. The van der Waals surface area contributed by atoms with Crippen molar-refractivity contribution in [3.05, 3.63) is 55.5 Å². The summed E-state index contributed by atoms with van der Waals surface area (Å²) in [6.45, 7) is 1.80. The van der Waals surface area contributed by atoms with E-state index in [0.29, 0.717) is 21.4 Å². The molecule has 2 aromatic carbocycles. The molecule has 110 valence electrons. The maximum absolute atomic E-state index is 12.3. The van der Waals surface area contributed by atoms with Gasteiger partial charge in [-0.05, 0) is 30.7 Å². The van der Waals surface area contributed by atoms with Crippen molar-refractivity contribution in [3.8, 4) is 0 Å². The molecule has 0 spiro atoms. The summed E-state index contributed by atoms with van der Waals surface area (Å²) in [4.78, 5) is 12.3. The van der Waals surface area contributed by atoms with Gasteiger partial charge >= 0.3 is 0 Å². The fourth-order valence-corrected chi connectivity index (χ4v) is 2.62. The number of amides is 1. The molecule has 2 aromatic rings. The zero-order valence-corrected chi connectivity index (χ0v) is 13.8. The van der Waals surface area contributed by atoms with Crippen LogP contribution in [0.3, 0.4) is 0 Å². The van der Waals surface area contributed by atoms with Crippen LogP contribution in [0.2, 0.25) is 20.1 Å². The van der Waals surface area contributed by atoms with Gasteiger partial charge in [-0.3, -0.25) is 4.79 Å². The largest absolute Gasteiger partial charge is 0.399 e. The van der Waals surface area contributed by atoms with Gasteiger partial charge in [-0.25, -0.2) is 0 Å². The van der Waals surface area contributed by atoms with Gasteiger partial charge < -0.3 is 11.1 Å². The van der Waals surface area contributed by atoms with E-state index in [-0.39, 0.29) is 15.6 Å².